The van der Waals surface area contributed by atoms with Crippen LogP contribution in [0.15, 0.2) is 65.7 Å². The molecule has 3 aromatic rings. The highest BCUT2D eigenvalue weighted by atomic mass is 32.2. The van der Waals surface area contributed by atoms with Crippen molar-refractivity contribution in [2.24, 2.45) is 0 Å². The second kappa shape index (κ2) is 7.53. The lowest BCUT2D eigenvalue weighted by atomic mass is 10.0. The van der Waals surface area contributed by atoms with Crippen molar-refractivity contribution in [3.8, 4) is 5.75 Å². The number of ether oxygens (including phenoxy) is 1. The molecule has 2 aromatic carbocycles. The number of para-hydroxylation sites is 1. The molecule has 4 rings (SSSR count). The van der Waals surface area contributed by atoms with E-state index in [2.05, 4.69) is 18.8 Å². The van der Waals surface area contributed by atoms with Crippen LogP contribution in [0.2, 0.25) is 0 Å². The van der Waals surface area contributed by atoms with Gasteiger partial charge in [0.1, 0.15) is 17.4 Å². The van der Waals surface area contributed by atoms with E-state index in [0.29, 0.717) is 36.1 Å². The van der Waals surface area contributed by atoms with Crippen LogP contribution in [0.25, 0.3) is 10.9 Å². The van der Waals surface area contributed by atoms with Gasteiger partial charge in [-0.15, -0.1) is 0 Å². The molecule has 1 fully saturated rings. The molecule has 1 aliphatic rings. The van der Waals surface area contributed by atoms with Crippen molar-refractivity contribution in [1.82, 2.24) is 9.29 Å². The first-order valence-electron chi connectivity index (χ1n) is 9.55. The van der Waals surface area contributed by atoms with Crippen LogP contribution >= 0.6 is 0 Å². The van der Waals surface area contributed by atoms with Crippen molar-refractivity contribution < 1.29 is 13.2 Å². The van der Waals surface area contributed by atoms with E-state index in [4.69, 9.17) is 4.74 Å². The summed E-state index contributed by atoms with van der Waals surface area (Å²) >= 11 is 0. The summed E-state index contributed by atoms with van der Waals surface area (Å²) in [5.74, 6) is 1.07. The van der Waals surface area contributed by atoms with Crippen LogP contribution in [0.1, 0.15) is 31.7 Å². The topological polar surface area (TPSA) is 59.5 Å². The molecule has 0 aliphatic carbocycles. The van der Waals surface area contributed by atoms with Gasteiger partial charge in [0.25, 0.3) is 0 Å². The predicted molar refractivity (Wildman–Crippen MR) is 110 cm³/mol. The fourth-order valence-electron chi connectivity index (χ4n) is 3.54. The van der Waals surface area contributed by atoms with Gasteiger partial charge < -0.3 is 4.74 Å². The Bertz CT molecular complexity index is 1070. The normalized spacial score (nSPS) is 18.0. The molecule has 0 bridgehead atoms. The molecule has 1 atom stereocenters. The van der Waals surface area contributed by atoms with Crippen molar-refractivity contribution in [1.29, 1.82) is 0 Å². The molecule has 0 saturated carbocycles. The first-order valence-corrected chi connectivity index (χ1v) is 11.0. The van der Waals surface area contributed by atoms with Crippen molar-refractivity contribution in [2.45, 2.75) is 37.2 Å². The van der Waals surface area contributed by atoms with E-state index >= 15 is 0 Å². The third-order valence-electron chi connectivity index (χ3n) is 5.18. The average Bonchev–Trinajstić information content (AvgIpc) is 3.18. The van der Waals surface area contributed by atoms with Gasteiger partial charge in [-0.2, -0.15) is 4.31 Å². The molecule has 146 valence electrons. The molecule has 0 radical (unpaired) electrons. The Morgan fingerprint density at radius 2 is 1.82 bits per heavy atom. The zero-order chi connectivity index (χ0) is 19.7. The van der Waals surface area contributed by atoms with Crippen LogP contribution in [-0.2, 0) is 10.0 Å². The minimum Gasteiger partial charge on any atom is -0.487 e. The van der Waals surface area contributed by atoms with Gasteiger partial charge in [-0.3, -0.25) is 4.98 Å². The van der Waals surface area contributed by atoms with Crippen molar-refractivity contribution in [3.63, 3.8) is 0 Å². The van der Waals surface area contributed by atoms with Crippen molar-refractivity contribution >= 4 is 20.9 Å². The number of hydrogen-bond donors (Lipinski definition) is 0. The van der Waals surface area contributed by atoms with Crippen molar-refractivity contribution in [3.05, 3.63) is 66.4 Å². The molecule has 5 nitrogen and oxygen atoms in total. The van der Waals surface area contributed by atoms with Crippen LogP contribution in [0.5, 0.6) is 5.75 Å². The zero-order valence-corrected chi connectivity index (χ0v) is 16.9. The summed E-state index contributed by atoms with van der Waals surface area (Å²) in [6.07, 6.45) is 2.21. The van der Waals surface area contributed by atoms with Crippen LogP contribution < -0.4 is 4.74 Å². The molecule has 28 heavy (non-hydrogen) atoms. The van der Waals surface area contributed by atoms with E-state index in [1.807, 2.05) is 42.5 Å². The number of sulfonamides is 1. The molecule has 1 aromatic heterocycles. The third kappa shape index (κ3) is 3.62. The Hall–Kier alpha value is -2.44. The number of rotatable bonds is 5. The summed E-state index contributed by atoms with van der Waals surface area (Å²) in [5.41, 5.74) is 1.93. The lowest BCUT2D eigenvalue weighted by molar-refractivity contribution is 0.218. The van der Waals surface area contributed by atoms with Gasteiger partial charge in [0.2, 0.25) is 10.0 Å². The average molecular weight is 397 g/mol. The smallest absolute Gasteiger partial charge is 0.243 e. The largest absolute Gasteiger partial charge is 0.487 e. The lowest BCUT2D eigenvalue weighted by Gasteiger charge is -2.18. The number of nitrogens with zero attached hydrogens (tertiary/aromatic N) is 2. The Morgan fingerprint density at radius 1 is 1.07 bits per heavy atom. The SMILES string of the molecule is CC(C)c1ccc(S(=O)(=O)N2CCC(Oc3cccc4cccnc34)C2)cc1. The van der Waals surface area contributed by atoms with Gasteiger partial charge in [-0.05, 0) is 42.2 Å². The van der Waals surface area contributed by atoms with E-state index in [1.165, 1.54) is 4.31 Å². The minimum atomic E-state index is -3.51. The number of hydrogen-bond acceptors (Lipinski definition) is 4. The maximum Gasteiger partial charge on any atom is 0.243 e. The fraction of sp³-hybridized carbons (Fsp3) is 0.318. The maximum absolute atomic E-state index is 13.0. The molecule has 0 N–H and O–H groups in total. The van der Waals surface area contributed by atoms with Gasteiger partial charge >= 0.3 is 0 Å². The van der Waals surface area contributed by atoms with Gasteiger partial charge in [-0.1, -0.05) is 44.2 Å². The Kier molecular flexibility index (Phi) is 5.08. The van der Waals surface area contributed by atoms with Crippen molar-refractivity contribution in [2.75, 3.05) is 13.1 Å². The number of benzene rings is 2. The van der Waals surface area contributed by atoms with E-state index in [9.17, 15) is 8.42 Å². The fourth-order valence-corrected chi connectivity index (χ4v) is 5.02. The quantitative estimate of drug-likeness (QED) is 0.648. The first-order chi connectivity index (χ1) is 13.4. The number of aromatic nitrogens is 1. The molecule has 6 heteroatoms. The maximum atomic E-state index is 13.0. The van der Waals surface area contributed by atoms with E-state index in [1.54, 1.807) is 18.3 Å². The summed E-state index contributed by atoms with van der Waals surface area (Å²) in [6, 6.07) is 16.9. The number of fused-ring (bicyclic) bond motifs is 1. The number of pyridine rings is 1. The molecule has 2 heterocycles. The molecule has 0 spiro atoms. The summed E-state index contributed by atoms with van der Waals surface area (Å²) in [7, 11) is -3.51. The zero-order valence-electron chi connectivity index (χ0n) is 16.1. The monoisotopic (exact) mass is 396 g/mol. The van der Waals surface area contributed by atoms with Crippen LogP contribution in [-0.4, -0.2) is 36.9 Å². The standard InChI is InChI=1S/C22H24N2O3S/c1-16(2)17-8-10-20(11-9-17)28(25,26)24-14-12-19(15-24)27-21-7-3-5-18-6-4-13-23-22(18)21/h3-11,13,16,19H,12,14-15H2,1-2H3. The Morgan fingerprint density at radius 3 is 2.57 bits per heavy atom. The minimum absolute atomic E-state index is 0.183. The predicted octanol–water partition coefficient (Wildman–Crippen LogP) is 4.20. The van der Waals surface area contributed by atoms with Gasteiger partial charge in [0, 0.05) is 18.1 Å². The van der Waals surface area contributed by atoms with E-state index in [0.717, 1.165) is 16.5 Å². The molecule has 1 saturated heterocycles. The summed E-state index contributed by atoms with van der Waals surface area (Å²) in [6.45, 7) is 4.98. The molecular formula is C22H24N2O3S. The highest BCUT2D eigenvalue weighted by Crippen LogP contribution is 2.28. The van der Waals surface area contributed by atoms with Crippen LogP contribution in [0.3, 0.4) is 0 Å². The molecule has 1 aliphatic heterocycles. The van der Waals surface area contributed by atoms with Gasteiger partial charge in [0.05, 0.1) is 11.4 Å². The molecular weight excluding hydrogens is 372 g/mol. The highest BCUT2D eigenvalue weighted by molar-refractivity contribution is 7.89. The second-order valence-electron chi connectivity index (χ2n) is 7.45. The Labute approximate surface area is 166 Å². The summed E-state index contributed by atoms with van der Waals surface area (Å²) in [5, 5.41) is 1.01. The Balaban J connectivity index is 1.50. The second-order valence-corrected chi connectivity index (χ2v) is 9.38. The molecule has 1 unspecified atom stereocenters. The van der Waals surface area contributed by atoms with E-state index < -0.39 is 10.0 Å². The first kappa shape index (κ1) is 18.9. The van der Waals surface area contributed by atoms with Crippen LogP contribution in [0.4, 0.5) is 0 Å². The van der Waals surface area contributed by atoms with Gasteiger partial charge in [-0.25, -0.2) is 8.42 Å². The third-order valence-corrected chi connectivity index (χ3v) is 7.06. The lowest BCUT2D eigenvalue weighted by Crippen LogP contribution is -2.31. The highest BCUT2D eigenvalue weighted by Gasteiger charge is 2.33. The van der Waals surface area contributed by atoms with Crippen LogP contribution in [0, 0.1) is 0 Å². The molecule has 0 amide bonds. The summed E-state index contributed by atoms with van der Waals surface area (Å²) in [4.78, 5) is 4.74. The van der Waals surface area contributed by atoms with E-state index in [-0.39, 0.29) is 6.10 Å². The van der Waals surface area contributed by atoms with Gasteiger partial charge in [0.15, 0.2) is 0 Å². The summed E-state index contributed by atoms with van der Waals surface area (Å²) < 4.78 is 33.6.